The smallest absolute Gasteiger partial charge is 0.152 e. The van der Waals surface area contributed by atoms with Gasteiger partial charge in [-0.2, -0.15) is 5.10 Å². The lowest BCUT2D eigenvalue weighted by Gasteiger charge is -2.02. The molecule has 0 saturated heterocycles. The van der Waals surface area contributed by atoms with Crippen molar-refractivity contribution in [2.24, 2.45) is 0 Å². The summed E-state index contributed by atoms with van der Waals surface area (Å²) in [4.78, 5) is 0. The van der Waals surface area contributed by atoms with Gasteiger partial charge in [0.05, 0.1) is 5.69 Å². The molecule has 4 heteroatoms. The first-order valence-corrected chi connectivity index (χ1v) is 6.39. The number of nitrogens with one attached hydrogen (secondary N) is 2. The van der Waals surface area contributed by atoms with E-state index in [1.54, 1.807) is 12.1 Å². The fourth-order valence-corrected chi connectivity index (χ4v) is 1.96. The molecule has 0 aliphatic heterocycles. The summed E-state index contributed by atoms with van der Waals surface area (Å²) in [5.74, 6) is 1.02. The van der Waals surface area contributed by atoms with Gasteiger partial charge in [0.25, 0.3) is 0 Å². The fraction of sp³-hybridized carbons (Fsp3) is 0.0625. The lowest BCUT2D eigenvalue weighted by molar-refractivity contribution is 0.475. The fourth-order valence-electron chi connectivity index (χ4n) is 1.96. The van der Waals surface area contributed by atoms with Crippen molar-refractivity contribution in [3.05, 3.63) is 60.2 Å². The van der Waals surface area contributed by atoms with Crippen LogP contribution in [0.2, 0.25) is 0 Å². The number of phenols is 1. The maximum absolute atomic E-state index is 9.29. The zero-order valence-corrected chi connectivity index (χ0v) is 11.1. The molecule has 0 aliphatic rings. The molecule has 3 aromatic rings. The van der Waals surface area contributed by atoms with E-state index in [4.69, 9.17) is 0 Å². The number of aromatic nitrogens is 2. The summed E-state index contributed by atoms with van der Waals surface area (Å²) in [7, 11) is 0. The molecule has 0 spiro atoms. The molecule has 20 heavy (non-hydrogen) atoms. The van der Waals surface area contributed by atoms with Crippen LogP contribution in [0.1, 0.15) is 5.56 Å². The van der Waals surface area contributed by atoms with E-state index in [-0.39, 0.29) is 5.75 Å². The van der Waals surface area contributed by atoms with Crippen LogP contribution < -0.4 is 5.32 Å². The molecule has 0 radical (unpaired) electrons. The number of rotatable bonds is 3. The summed E-state index contributed by atoms with van der Waals surface area (Å²) in [6, 6.07) is 17.1. The van der Waals surface area contributed by atoms with E-state index < -0.39 is 0 Å². The summed E-state index contributed by atoms with van der Waals surface area (Å²) < 4.78 is 0. The molecule has 3 rings (SSSR count). The van der Waals surface area contributed by atoms with Gasteiger partial charge in [-0.25, -0.2) is 0 Å². The number of benzene rings is 2. The first-order valence-electron chi connectivity index (χ1n) is 6.39. The van der Waals surface area contributed by atoms with Gasteiger partial charge in [-0.05, 0) is 48.9 Å². The van der Waals surface area contributed by atoms with Gasteiger partial charge in [0.1, 0.15) is 5.75 Å². The molecule has 0 unspecified atom stereocenters. The minimum absolute atomic E-state index is 0.256. The second-order valence-electron chi connectivity index (χ2n) is 4.70. The van der Waals surface area contributed by atoms with Gasteiger partial charge in [-0.15, -0.1) is 0 Å². The van der Waals surface area contributed by atoms with Gasteiger partial charge in [-0.3, -0.25) is 5.10 Å². The van der Waals surface area contributed by atoms with E-state index in [1.807, 2.05) is 30.3 Å². The number of aromatic hydroxyl groups is 1. The number of nitrogens with zero attached hydrogens (tertiary/aromatic N) is 1. The minimum Gasteiger partial charge on any atom is -0.508 e. The van der Waals surface area contributed by atoms with Crippen molar-refractivity contribution in [2.45, 2.75) is 6.92 Å². The molecule has 0 atom stereocenters. The maximum Gasteiger partial charge on any atom is 0.152 e. The molecule has 0 saturated carbocycles. The standard InChI is InChI=1S/C16H15N3O/c1-11-2-6-13(7-3-11)17-16-10-15(18-19-16)12-4-8-14(20)9-5-12/h2-10,20H,1H3,(H2,17,18,19). The number of hydrogen-bond acceptors (Lipinski definition) is 3. The summed E-state index contributed by atoms with van der Waals surface area (Å²) in [5.41, 5.74) is 4.11. The summed E-state index contributed by atoms with van der Waals surface area (Å²) in [6.45, 7) is 2.06. The molecule has 0 aliphatic carbocycles. The first-order chi connectivity index (χ1) is 9.70. The van der Waals surface area contributed by atoms with Gasteiger partial charge in [0, 0.05) is 11.8 Å². The van der Waals surface area contributed by atoms with Crippen LogP contribution in [0.15, 0.2) is 54.6 Å². The highest BCUT2D eigenvalue weighted by Gasteiger charge is 2.04. The van der Waals surface area contributed by atoms with E-state index in [0.29, 0.717) is 0 Å². The lowest BCUT2D eigenvalue weighted by Crippen LogP contribution is -1.89. The van der Waals surface area contributed by atoms with Crippen LogP contribution in [0.3, 0.4) is 0 Å². The van der Waals surface area contributed by atoms with Crippen molar-refractivity contribution in [1.82, 2.24) is 10.2 Å². The van der Waals surface area contributed by atoms with Crippen molar-refractivity contribution in [3.63, 3.8) is 0 Å². The summed E-state index contributed by atoms with van der Waals surface area (Å²) in [6.07, 6.45) is 0. The Bertz CT molecular complexity index is 699. The predicted molar refractivity (Wildman–Crippen MR) is 80.2 cm³/mol. The van der Waals surface area contributed by atoms with Gasteiger partial charge in [0.2, 0.25) is 0 Å². The third-order valence-corrected chi connectivity index (χ3v) is 3.08. The van der Waals surface area contributed by atoms with Crippen molar-refractivity contribution in [3.8, 4) is 17.0 Å². The largest absolute Gasteiger partial charge is 0.508 e. The van der Waals surface area contributed by atoms with E-state index in [1.165, 1.54) is 5.56 Å². The average Bonchev–Trinajstić information content (AvgIpc) is 2.91. The molecule has 4 nitrogen and oxygen atoms in total. The Balaban J connectivity index is 1.80. The monoisotopic (exact) mass is 265 g/mol. The minimum atomic E-state index is 0.256. The summed E-state index contributed by atoms with van der Waals surface area (Å²) in [5, 5.41) is 19.7. The molecule has 2 aromatic carbocycles. The predicted octanol–water partition coefficient (Wildman–Crippen LogP) is 3.83. The Kier molecular flexibility index (Phi) is 3.13. The molecule has 0 amide bonds. The first kappa shape index (κ1) is 12.3. The second kappa shape index (κ2) is 5.09. The number of aryl methyl sites for hydroxylation is 1. The van der Waals surface area contributed by atoms with Crippen LogP contribution in [-0.4, -0.2) is 15.3 Å². The molecule has 1 heterocycles. The Hall–Kier alpha value is -2.75. The van der Waals surface area contributed by atoms with Crippen LogP contribution in [0.25, 0.3) is 11.3 Å². The Morgan fingerprint density at radius 2 is 1.70 bits per heavy atom. The Labute approximate surface area is 117 Å². The normalized spacial score (nSPS) is 10.4. The topological polar surface area (TPSA) is 60.9 Å². The highest BCUT2D eigenvalue weighted by Crippen LogP contribution is 2.23. The highest BCUT2D eigenvalue weighted by molar-refractivity contribution is 5.66. The van der Waals surface area contributed by atoms with Crippen LogP contribution in [0.5, 0.6) is 5.75 Å². The molecule has 100 valence electrons. The number of aromatic amines is 1. The Morgan fingerprint density at radius 3 is 2.40 bits per heavy atom. The average molecular weight is 265 g/mol. The van der Waals surface area contributed by atoms with Crippen LogP contribution in [0.4, 0.5) is 11.5 Å². The lowest BCUT2D eigenvalue weighted by atomic mass is 10.1. The molecule has 1 aromatic heterocycles. The zero-order valence-electron chi connectivity index (χ0n) is 11.1. The molecule has 0 bridgehead atoms. The highest BCUT2D eigenvalue weighted by atomic mass is 16.3. The molecule has 0 fully saturated rings. The van der Waals surface area contributed by atoms with Gasteiger partial charge < -0.3 is 10.4 Å². The quantitative estimate of drug-likeness (QED) is 0.674. The van der Waals surface area contributed by atoms with Gasteiger partial charge in [0.15, 0.2) is 5.82 Å². The molecular formula is C16H15N3O. The number of phenolic OH excluding ortho intramolecular Hbond substituents is 1. The van der Waals surface area contributed by atoms with Crippen molar-refractivity contribution in [2.75, 3.05) is 5.32 Å². The third kappa shape index (κ3) is 2.64. The van der Waals surface area contributed by atoms with E-state index in [9.17, 15) is 5.11 Å². The van der Waals surface area contributed by atoms with Crippen molar-refractivity contribution < 1.29 is 5.11 Å². The maximum atomic E-state index is 9.29. The van der Waals surface area contributed by atoms with E-state index in [2.05, 4.69) is 34.6 Å². The number of hydrogen-bond donors (Lipinski definition) is 3. The summed E-state index contributed by atoms with van der Waals surface area (Å²) >= 11 is 0. The van der Waals surface area contributed by atoms with Crippen molar-refractivity contribution in [1.29, 1.82) is 0 Å². The van der Waals surface area contributed by atoms with E-state index in [0.717, 1.165) is 22.8 Å². The third-order valence-electron chi connectivity index (χ3n) is 3.08. The SMILES string of the molecule is Cc1ccc(Nc2cc(-c3ccc(O)cc3)[nH]n2)cc1. The van der Waals surface area contributed by atoms with Gasteiger partial charge in [-0.1, -0.05) is 17.7 Å². The Morgan fingerprint density at radius 1 is 1.00 bits per heavy atom. The van der Waals surface area contributed by atoms with Crippen LogP contribution in [-0.2, 0) is 0 Å². The van der Waals surface area contributed by atoms with Gasteiger partial charge >= 0.3 is 0 Å². The number of H-pyrrole nitrogens is 1. The van der Waals surface area contributed by atoms with Crippen LogP contribution >= 0.6 is 0 Å². The zero-order chi connectivity index (χ0) is 13.9. The van der Waals surface area contributed by atoms with E-state index >= 15 is 0 Å². The molecule has 3 N–H and O–H groups in total. The second-order valence-corrected chi connectivity index (χ2v) is 4.70. The van der Waals surface area contributed by atoms with Crippen molar-refractivity contribution >= 4 is 11.5 Å². The molecular weight excluding hydrogens is 250 g/mol. The van der Waals surface area contributed by atoms with Crippen LogP contribution in [0, 0.1) is 6.92 Å². The number of anilines is 2.